The SMILES string of the molecule is CCOc1cc(C(=O)Nc2ncnn2C)cc(OCC)c1OCC. The normalized spacial score (nSPS) is 10.3. The van der Waals surface area contributed by atoms with E-state index < -0.39 is 0 Å². The molecule has 0 aliphatic rings. The molecule has 0 spiro atoms. The number of ether oxygens (including phenoxy) is 3. The molecule has 8 heteroatoms. The summed E-state index contributed by atoms with van der Waals surface area (Å²) in [6, 6.07) is 3.26. The van der Waals surface area contributed by atoms with Crippen LogP contribution >= 0.6 is 0 Å². The summed E-state index contributed by atoms with van der Waals surface area (Å²) in [7, 11) is 1.69. The van der Waals surface area contributed by atoms with Crippen LogP contribution in [0.3, 0.4) is 0 Å². The van der Waals surface area contributed by atoms with Crippen molar-refractivity contribution in [3.05, 3.63) is 24.0 Å². The Balaban J connectivity index is 2.38. The van der Waals surface area contributed by atoms with Crippen LogP contribution < -0.4 is 19.5 Å². The lowest BCUT2D eigenvalue weighted by Gasteiger charge is -2.17. The summed E-state index contributed by atoms with van der Waals surface area (Å²) in [6.07, 6.45) is 1.37. The Kier molecular flexibility index (Phi) is 6.00. The molecule has 0 saturated heterocycles. The largest absolute Gasteiger partial charge is 0.490 e. The van der Waals surface area contributed by atoms with Gasteiger partial charge in [-0.2, -0.15) is 10.1 Å². The van der Waals surface area contributed by atoms with E-state index in [2.05, 4.69) is 15.4 Å². The number of benzene rings is 1. The lowest BCUT2D eigenvalue weighted by Crippen LogP contribution is -2.16. The summed E-state index contributed by atoms with van der Waals surface area (Å²) in [5.74, 6) is 1.44. The monoisotopic (exact) mass is 334 g/mol. The lowest BCUT2D eigenvalue weighted by molar-refractivity contribution is 0.102. The Hall–Kier alpha value is -2.77. The second kappa shape index (κ2) is 8.19. The Morgan fingerprint density at radius 1 is 1.08 bits per heavy atom. The number of anilines is 1. The van der Waals surface area contributed by atoms with Crippen molar-refractivity contribution in [2.45, 2.75) is 20.8 Å². The smallest absolute Gasteiger partial charge is 0.258 e. The molecular weight excluding hydrogens is 312 g/mol. The van der Waals surface area contributed by atoms with E-state index in [1.807, 2.05) is 20.8 Å². The molecule has 0 atom stereocenters. The van der Waals surface area contributed by atoms with E-state index in [0.29, 0.717) is 48.6 Å². The number of rotatable bonds is 8. The van der Waals surface area contributed by atoms with Crippen molar-refractivity contribution in [2.75, 3.05) is 25.1 Å². The lowest BCUT2D eigenvalue weighted by atomic mass is 10.1. The van der Waals surface area contributed by atoms with Crippen LogP contribution in [0.1, 0.15) is 31.1 Å². The summed E-state index contributed by atoms with van der Waals surface area (Å²) < 4.78 is 18.3. The molecule has 130 valence electrons. The predicted octanol–water partition coefficient (Wildman–Crippen LogP) is 2.26. The quantitative estimate of drug-likeness (QED) is 0.797. The maximum absolute atomic E-state index is 12.5. The van der Waals surface area contributed by atoms with E-state index in [1.54, 1.807) is 19.2 Å². The molecule has 2 aromatic rings. The number of amides is 1. The van der Waals surface area contributed by atoms with Crippen molar-refractivity contribution in [1.82, 2.24) is 14.8 Å². The summed E-state index contributed by atoms with van der Waals surface area (Å²) in [5.41, 5.74) is 0.383. The van der Waals surface area contributed by atoms with Crippen LogP contribution in [-0.2, 0) is 7.05 Å². The van der Waals surface area contributed by atoms with Crippen molar-refractivity contribution in [2.24, 2.45) is 7.05 Å². The minimum atomic E-state index is -0.337. The number of hydrogen-bond acceptors (Lipinski definition) is 6. The molecule has 1 N–H and O–H groups in total. The van der Waals surface area contributed by atoms with Gasteiger partial charge in [0.1, 0.15) is 6.33 Å². The maximum atomic E-state index is 12.5. The molecule has 0 unspecified atom stereocenters. The van der Waals surface area contributed by atoms with Gasteiger partial charge in [-0.3, -0.25) is 10.1 Å². The molecule has 1 aromatic heterocycles. The minimum Gasteiger partial charge on any atom is -0.490 e. The van der Waals surface area contributed by atoms with Crippen molar-refractivity contribution in [3.8, 4) is 17.2 Å². The molecule has 0 aliphatic carbocycles. The fourth-order valence-corrected chi connectivity index (χ4v) is 2.10. The van der Waals surface area contributed by atoms with Gasteiger partial charge >= 0.3 is 0 Å². The first kappa shape index (κ1) is 17.6. The third-order valence-electron chi connectivity index (χ3n) is 3.11. The highest BCUT2D eigenvalue weighted by Crippen LogP contribution is 2.39. The van der Waals surface area contributed by atoms with Crippen LogP contribution in [0.5, 0.6) is 17.2 Å². The molecule has 1 amide bonds. The number of nitrogens with zero attached hydrogens (tertiary/aromatic N) is 3. The molecule has 0 saturated carbocycles. The highest BCUT2D eigenvalue weighted by Gasteiger charge is 2.19. The van der Waals surface area contributed by atoms with Gasteiger partial charge in [-0.15, -0.1) is 0 Å². The molecule has 8 nitrogen and oxygen atoms in total. The standard InChI is InChI=1S/C16H22N4O4/c1-5-22-12-8-11(9-13(23-6-2)14(12)24-7-3)15(21)19-16-17-10-18-20(16)4/h8-10H,5-7H2,1-4H3,(H,17,18,19,21). The summed E-state index contributed by atoms with van der Waals surface area (Å²) in [6.45, 7) is 6.95. The Labute approximate surface area is 140 Å². The van der Waals surface area contributed by atoms with Crippen molar-refractivity contribution in [1.29, 1.82) is 0 Å². The van der Waals surface area contributed by atoms with E-state index in [1.165, 1.54) is 11.0 Å². The van der Waals surface area contributed by atoms with Gasteiger partial charge in [0, 0.05) is 12.6 Å². The Bertz CT molecular complexity index is 672. The van der Waals surface area contributed by atoms with E-state index in [0.717, 1.165) is 0 Å². The van der Waals surface area contributed by atoms with Crippen LogP contribution in [0.2, 0.25) is 0 Å². The summed E-state index contributed by atoms with van der Waals surface area (Å²) in [5, 5.41) is 6.61. The third kappa shape index (κ3) is 3.95. The average molecular weight is 334 g/mol. The maximum Gasteiger partial charge on any atom is 0.258 e. The number of aromatic nitrogens is 3. The van der Waals surface area contributed by atoms with E-state index in [-0.39, 0.29) is 5.91 Å². The zero-order valence-electron chi connectivity index (χ0n) is 14.3. The summed E-state index contributed by atoms with van der Waals surface area (Å²) in [4.78, 5) is 16.5. The van der Waals surface area contributed by atoms with Gasteiger partial charge in [-0.1, -0.05) is 0 Å². The van der Waals surface area contributed by atoms with Crippen molar-refractivity contribution in [3.63, 3.8) is 0 Å². The number of hydrogen-bond donors (Lipinski definition) is 1. The number of carbonyl (C=O) groups excluding carboxylic acids is 1. The second-order valence-electron chi connectivity index (χ2n) is 4.76. The highest BCUT2D eigenvalue weighted by atomic mass is 16.5. The van der Waals surface area contributed by atoms with Crippen LogP contribution in [0.25, 0.3) is 0 Å². The number of nitrogens with one attached hydrogen (secondary N) is 1. The number of aryl methyl sites for hydroxylation is 1. The first-order chi connectivity index (χ1) is 11.6. The van der Waals surface area contributed by atoms with E-state index in [9.17, 15) is 4.79 Å². The van der Waals surface area contributed by atoms with Gasteiger partial charge in [-0.05, 0) is 32.9 Å². The van der Waals surface area contributed by atoms with Crippen LogP contribution in [0.4, 0.5) is 5.95 Å². The summed E-state index contributed by atoms with van der Waals surface area (Å²) >= 11 is 0. The first-order valence-electron chi connectivity index (χ1n) is 7.82. The molecule has 0 bridgehead atoms. The second-order valence-corrected chi connectivity index (χ2v) is 4.76. The molecule has 1 aromatic carbocycles. The Morgan fingerprint density at radius 2 is 1.67 bits per heavy atom. The zero-order valence-corrected chi connectivity index (χ0v) is 14.3. The topological polar surface area (TPSA) is 87.5 Å². The van der Waals surface area contributed by atoms with Gasteiger partial charge in [0.2, 0.25) is 11.7 Å². The molecule has 0 radical (unpaired) electrons. The molecule has 0 aliphatic heterocycles. The molecule has 24 heavy (non-hydrogen) atoms. The van der Waals surface area contributed by atoms with E-state index >= 15 is 0 Å². The van der Waals surface area contributed by atoms with Crippen LogP contribution in [-0.4, -0.2) is 40.5 Å². The average Bonchev–Trinajstić information content (AvgIpc) is 2.95. The molecule has 0 fully saturated rings. The van der Waals surface area contributed by atoms with Crippen molar-refractivity contribution >= 4 is 11.9 Å². The van der Waals surface area contributed by atoms with Crippen LogP contribution in [0.15, 0.2) is 18.5 Å². The fraction of sp³-hybridized carbons (Fsp3) is 0.438. The number of carbonyl (C=O) groups is 1. The molecular formula is C16H22N4O4. The zero-order chi connectivity index (χ0) is 17.5. The van der Waals surface area contributed by atoms with Gasteiger partial charge in [-0.25, -0.2) is 4.68 Å². The van der Waals surface area contributed by atoms with Crippen molar-refractivity contribution < 1.29 is 19.0 Å². The van der Waals surface area contributed by atoms with E-state index in [4.69, 9.17) is 14.2 Å². The van der Waals surface area contributed by atoms with Gasteiger partial charge in [0.15, 0.2) is 11.5 Å². The highest BCUT2D eigenvalue weighted by molar-refractivity contribution is 6.04. The van der Waals surface area contributed by atoms with Gasteiger partial charge < -0.3 is 14.2 Å². The Morgan fingerprint density at radius 3 is 2.12 bits per heavy atom. The predicted molar refractivity (Wildman–Crippen MR) is 88.9 cm³/mol. The third-order valence-corrected chi connectivity index (χ3v) is 3.11. The van der Waals surface area contributed by atoms with Gasteiger partial charge in [0.05, 0.1) is 19.8 Å². The fourth-order valence-electron chi connectivity index (χ4n) is 2.10. The minimum absolute atomic E-state index is 0.337. The first-order valence-corrected chi connectivity index (χ1v) is 7.82. The molecule has 1 heterocycles. The van der Waals surface area contributed by atoms with Crippen LogP contribution in [0, 0.1) is 0 Å². The van der Waals surface area contributed by atoms with Gasteiger partial charge in [0.25, 0.3) is 5.91 Å². The molecule has 2 rings (SSSR count).